The molecule has 114 valence electrons. The second-order valence-electron chi connectivity index (χ2n) is 4.51. The van der Waals surface area contributed by atoms with Crippen LogP contribution in [0.4, 0.5) is 5.82 Å². The van der Waals surface area contributed by atoms with Crippen molar-refractivity contribution >= 4 is 15.8 Å². The predicted octanol–water partition coefficient (Wildman–Crippen LogP) is 1.43. The zero-order valence-corrected chi connectivity index (χ0v) is 12.9. The fourth-order valence-corrected chi connectivity index (χ4v) is 2.67. The lowest BCUT2D eigenvalue weighted by atomic mass is 10.1. The normalized spacial score (nSPS) is 12.4. The van der Waals surface area contributed by atoms with E-state index in [4.69, 9.17) is 5.26 Å². The van der Waals surface area contributed by atoms with Crippen LogP contribution in [0.25, 0.3) is 0 Å². The summed E-state index contributed by atoms with van der Waals surface area (Å²) in [5.74, 6) is 0.361. The zero-order valence-electron chi connectivity index (χ0n) is 12.1. The van der Waals surface area contributed by atoms with Crippen LogP contribution in [0.15, 0.2) is 41.6 Å². The average molecular weight is 317 g/mol. The van der Waals surface area contributed by atoms with Crippen LogP contribution in [0.1, 0.15) is 24.2 Å². The van der Waals surface area contributed by atoms with Crippen molar-refractivity contribution in [2.45, 2.75) is 17.9 Å². The number of rotatable bonds is 5. The molecule has 0 aliphatic heterocycles. The standard InChI is InChI=1S/C14H15N5O2S/c1-10(19-14-13(9-15)17-6-7-18-14)11-4-3-5-12(8-11)22(20,21)16-2/h3-8,10,16H,1-2H3,(H,18,19). The third-order valence-corrected chi connectivity index (χ3v) is 4.51. The lowest BCUT2D eigenvalue weighted by Crippen LogP contribution is -2.19. The van der Waals surface area contributed by atoms with E-state index in [1.165, 1.54) is 25.5 Å². The van der Waals surface area contributed by atoms with Gasteiger partial charge in [-0.25, -0.2) is 23.1 Å². The zero-order chi connectivity index (χ0) is 16.2. The first kappa shape index (κ1) is 15.9. The molecule has 0 amide bonds. The summed E-state index contributed by atoms with van der Waals surface area (Å²) in [5.41, 5.74) is 0.944. The minimum absolute atomic E-state index is 0.181. The quantitative estimate of drug-likeness (QED) is 0.863. The topological polar surface area (TPSA) is 108 Å². The maximum atomic E-state index is 11.8. The van der Waals surface area contributed by atoms with Gasteiger partial charge < -0.3 is 5.32 Å². The Morgan fingerprint density at radius 2 is 2.00 bits per heavy atom. The Bertz CT molecular complexity index is 814. The highest BCUT2D eigenvalue weighted by Crippen LogP contribution is 2.21. The minimum atomic E-state index is -3.50. The molecule has 7 nitrogen and oxygen atoms in total. The van der Waals surface area contributed by atoms with Gasteiger partial charge in [-0.3, -0.25) is 0 Å². The molecule has 0 aliphatic carbocycles. The lowest BCUT2D eigenvalue weighted by Gasteiger charge is -2.16. The van der Waals surface area contributed by atoms with E-state index in [-0.39, 0.29) is 16.6 Å². The van der Waals surface area contributed by atoms with E-state index in [9.17, 15) is 8.42 Å². The van der Waals surface area contributed by atoms with Gasteiger partial charge in [0.25, 0.3) is 0 Å². The van der Waals surface area contributed by atoms with Crippen molar-refractivity contribution in [3.05, 3.63) is 47.9 Å². The fraction of sp³-hybridized carbons (Fsp3) is 0.214. The van der Waals surface area contributed by atoms with Gasteiger partial charge in [-0.15, -0.1) is 0 Å². The Kier molecular flexibility index (Phi) is 4.70. The van der Waals surface area contributed by atoms with Gasteiger partial charge >= 0.3 is 0 Å². The summed E-state index contributed by atoms with van der Waals surface area (Å²) in [4.78, 5) is 8.18. The summed E-state index contributed by atoms with van der Waals surface area (Å²) >= 11 is 0. The highest BCUT2D eigenvalue weighted by atomic mass is 32.2. The second kappa shape index (κ2) is 6.51. The van der Waals surface area contributed by atoms with Crippen LogP contribution in [0.3, 0.4) is 0 Å². The number of benzene rings is 1. The number of hydrogen-bond donors (Lipinski definition) is 2. The number of sulfonamides is 1. The molecule has 2 rings (SSSR count). The third kappa shape index (κ3) is 3.39. The Hall–Kier alpha value is -2.50. The van der Waals surface area contributed by atoms with E-state index in [2.05, 4.69) is 20.0 Å². The first-order chi connectivity index (χ1) is 10.5. The van der Waals surface area contributed by atoms with Crippen LogP contribution in [0.2, 0.25) is 0 Å². The minimum Gasteiger partial charge on any atom is -0.361 e. The molecule has 1 aromatic carbocycles. The van der Waals surface area contributed by atoms with E-state index in [0.717, 1.165) is 5.56 Å². The number of aromatic nitrogens is 2. The van der Waals surface area contributed by atoms with Crippen molar-refractivity contribution in [3.63, 3.8) is 0 Å². The molecular weight excluding hydrogens is 302 g/mol. The molecule has 0 fully saturated rings. The number of hydrogen-bond acceptors (Lipinski definition) is 6. The van der Waals surface area contributed by atoms with E-state index in [1.54, 1.807) is 18.2 Å². The molecular formula is C14H15N5O2S. The van der Waals surface area contributed by atoms with Crippen molar-refractivity contribution in [3.8, 4) is 6.07 Å². The summed E-state index contributed by atoms with van der Waals surface area (Å²) in [6.45, 7) is 1.85. The monoisotopic (exact) mass is 317 g/mol. The smallest absolute Gasteiger partial charge is 0.240 e. The maximum Gasteiger partial charge on any atom is 0.240 e. The molecule has 1 unspecified atom stereocenters. The van der Waals surface area contributed by atoms with Crippen LogP contribution in [-0.2, 0) is 10.0 Å². The van der Waals surface area contributed by atoms with Crippen molar-refractivity contribution in [2.24, 2.45) is 0 Å². The van der Waals surface area contributed by atoms with Crippen molar-refractivity contribution in [1.82, 2.24) is 14.7 Å². The van der Waals surface area contributed by atoms with Crippen LogP contribution >= 0.6 is 0 Å². The number of nitrogens with one attached hydrogen (secondary N) is 2. The van der Waals surface area contributed by atoms with Crippen LogP contribution in [0, 0.1) is 11.3 Å². The van der Waals surface area contributed by atoms with Crippen molar-refractivity contribution < 1.29 is 8.42 Å². The molecule has 0 saturated heterocycles. The Balaban J connectivity index is 2.29. The summed E-state index contributed by atoms with van der Waals surface area (Å²) in [6.07, 6.45) is 2.92. The van der Waals surface area contributed by atoms with Crippen molar-refractivity contribution in [1.29, 1.82) is 5.26 Å². The van der Waals surface area contributed by atoms with Crippen molar-refractivity contribution in [2.75, 3.05) is 12.4 Å². The maximum absolute atomic E-state index is 11.8. The molecule has 1 heterocycles. The van der Waals surface area contributed by atoms with Gasteiger partial charge in [0, 0.05) is 12.4 Å². The number of nitriles is 1. The molecule has 0 bridgehead atoms. The Labute approximate surface area is 129 Å². The SMILES string of the molecule is CNS(=O)(=O)c1cccc(C(C)Nc2nccnc2C#N)c1. The number of anilines is 1. The predicted molar refractivity (Wildman–Crippen MR) is 81.5 cm³/mol. The first-order valence-corrected chi connectivity index (χ1v) is 7.97. The molecule has 0 radical (unpaired) electrons. The van der Waals surface area contributed by atoms with E-state index in [0.29, 0.717) is 5.82 Å². The van der Waals surface area contributed by atoms with Gasteiger partial charge in [-0.2, -0.15) is 5.26 Å². The molecule has 8 heteroatoms. The molecule has 1 atom stereocenters. The van der Waals surface area contributed by atoms with E-state index >= 15 is 0 Å². The van der Waals surface area contributed by atoms with E-state index < -0.39 is 10.0 Å². The van der Waals surface area contributed by atoms with Crippen LogP contribution in [0.5, 0.6) is 0 Å². The average Bonchev–Trinajstić information content (AvgIpc) is 2.55. The number of nitrogens with zero attached hydrogens (tertiary/aromatic N) is 3. The van der Waals surface area contributed by atoms with Gasteiger partial charge in [0.2, 0.25) is 10.0 Å². The Morgan fingerprint density at radius 1 is 1.27 bits per heavy atom. The molecule has 0 saturated carbocycles. The van der Waals surface area contributed by atoms with Gasteiger partial charge in [-0.1, -0.05) is 12.1 Å². The Morgan fingerprint density at radius 3 is 2.68 bits per heavy atom. The summed E-state index contributed by atoms with van der Waals surface area (Å²) in [7, 11) is -2.13. The largest absolute Gasteiger partial charge is 0.361 e. The fourth-order valence-electron chi connectivity index (χ4n) is 1.88. The highest BCUT2D eigenvalue weighted by Gasteiger charge is 2.15. The molecule has 0 aliphatic rings. The van der Waals surface area contributed by atoms with Crippen LogP contribution in [-0.4, -0.2) is 25.4 Å². The first-order valence-electron chi connectivity index (χ1n) is 6.49. The molecule has 22 heavy (non-hydrogen) atoms. The molecule has 2 N–H and O–H groups in total. The summed E-state index contributed by atoms with van der Waals surface area (Å²) in [6, 6.07) is 8.28. The van der Waals surface area contributed by atoms with E-state index in [1.807, 2.05) is 13.0 Å². The molecule has 1 aromatic heterocycles. The van der Waals surface area contributed by atoms with Gasteiger partial charge in [0.1, 0.15) is 6.07 Å². The molecule has 2 aromatic rings. The lowest BCUT2D eigenvalue weighted by molar-refractivity contribution is 0.588. The van der Waals surface area contributed by atoms with Crippen LogP contribution < -0.4 is 10.0 Å². The van der Waals surface area contributed by atoms with Gasteiger partial charge in [-0.05, 0) is 31.7 Å². The van der Waals surface area contributed by atoms with Gasteiger partial charge in [0.05, 0.1) is 10.9 Å². The van der Waals surface area contributed by atoms with Gasteiger partial charge in [0.15, 0.2) is 11.5 Å². The highest BCUT2D eigenvalue weighted by molar-refractivity contribution is 7.89. The molecule has 0 spiro atoms. The third-order valence-electron chi connectivity index (χ3n) is 3.09. The summed E-state index contributed by atoms with van der Waals surface area (Å²) in [5, 5.41) is 12.1. The summed E-state index contributed by atoms with van der Waals surface area (Å²) < 4.78 is 26.0. The second-order valence-corrected chi connectivity index (χ2v) is 6.40.